The minimum absolute atomic E-state index is 0.639. The van der Waals surface area contributed by atoms with Crippen molar-refractivity contribution in [1.29, 1.82) is 0 Å². The number of furan rings is 1. The van der Waals surface area contributed by atoms with E-state index in [2.05, 4.69) is 15.0 Å². The molecule has 0 aliphatic carbocycles. The van der Waals surface area contributed by atoms with Gasteiger partial charge in [0.05, 0.1) is 0 Å². The van der Waals surface area contributed by atoms with Gasteiger partial charge < -0.3 is 4.42 Å². The van der Waals surface area contributed by atoms with E-state index in [9.17, 15) is 0 Å². The van der Waals surface area contributed by atoms with Crippen LogP contribution in [0.25, 0.3) is 33.3 Å². The third kappa shape index (κ3) is 1.88. The van der Waals surface area contributed by atoms with E-state index in [0.717, 1.165) is 27.4 Å². The van der Waals surface area contributed by atoms with Gasteiger partial charge in [-0.15, -0.1) is 11.3 Å². The number of benzene rings is 1. The maximum absolute atomic E-state index is 5.81. The van der Waals surface area contributed by atoms with Crippen molar-refractivity contribution in [3.05, 3.63) is 54.2 Å². The maximum Gasteiger partial charge on any atom is 0.188 e. The standard InChI is InChI=1S/C15H9N3OS/c1-2-5-12-10(4-1)8-13(19-12)11-9-20-15(18-11)14-16-6-3-7-17-14/h1-9H. The van der Waals surface area contributed by atoms with Crippen molar-refractivity contribution in [2.24, 2.45) is 0 Å². The van der Waals surface area contributed by atoms with E-state index < -0.39 is 0 Å². The molecule has 0 aliphatic heterocycles. The van der Waals surface area contributed by atoms with Crippen LogP contribution in [0.5, 0.6) is 0 Å². The lowest BCUT2D eigenvalue weighted by molar-refractivity contribution is 0.629. The van der Waals surface area contributed by atoms with Gasteiger partial charge in [0.1, 0.15) is 11.3 Å². The molecule has 3 aromatic heterocycles. The summed E-state index contributed by atoms with van der Waals surface area (Å²) in [5, 5.41) is 3.83. The third-order valence-electron chi connectivity index (χ3n) is 2.94. The fourth-order valence-electron chi connectivity index (χ4n) is 2.01. The maximum atomic E-state index is 5.81. The minimum atomic E-state index is 0.639. The van der Waals surface area contributed by atoms with Crippen LogP contribution in [0.3, 0.4) is 0 Å². The van der Waals surface area contributed by atoms with Gasteiger partial charge in [-0.2, -0.15) is 0 Å². The van der Waals surface area contributed by atoms with E-state index in [0.29, 0.717) is 5.82 Å². The third-order valence-corrected chi connectivity index (χ3v) is 3.78. The Bertz CT molecular complexity index is 834. The zero-order valence-electron chi connectivity index (χ0n) is 10.4. The molecule has 0 aliphatic rings. The zero-order valence-corrected chi connectivity index (χ0v) is 11.2. The number of hydrogen-bond acceptors (Lipinski definition) is 5. The molecule has 4 rings (SSSR count). The highest BCUT2D eigenvalue weighted by Gasteiger charge is 2.12. The second-order valence-electron chi connectivity index (χ2n) is 4.26. The lowest BCUT2D eigenvalue weighted by Gasteiger charge is -1.91. The van der Waals surface area contributed by atoms with E-state index >= 15 is 0 Å². The van der Waals surface area contributed by atoms with Crippen LogP contribution in [0.4, 0.5) is 0 Å². The molecule has 0 radical (unpaired) electrons. The van der Waals surface area contributed by atoms with Crippen molar-refractivity contribution in [3.8, 4) is 22.3 Å². The van der Waals surface area contributed by atoms with Crippen LogP contribution in [-0.4, -0.2) is 15.0 Å². The molecule has 0 amide bonds. The molecular formula is C15H9N3OS. The van der Waals surface area contributed by atoms with Gasteiger partial charge in [0.15, 0.2) is 16.6 Å². The van der Waals surface area contributed by atoms with Crippen LogP contribution in [0.15, 0.2) is 58.6 Å². The molecule has 0 atom stereocenters. The second-order valence-corrected chi connectivity index (χ2v) is 5.12. The van der Waals surface area contributed by atoms with Crippen LogP contribution in [0.1, 0.15) is 0 Å². The quantitative estimate of drug-likeness (QED) is 0.556. The monoisotopic (exact) mass is 279 g/mol. The Balaban J connectivity index is 1.78. The smallest absolute Gasteiger partial charge is 0.188 e. The van der Waals surface area contributed by atoms with Gasteiger partial charge in [-0.1, -0.05) is 18.2 Å². The number of aromatic nitrogens is 3. The number of fused-ring (bicyclic) bond motifs is 1. The second kappa shape index (κ2) is 4.54. The van der Waals surface area contributed by atoms with E-state index in [1.54, 1.807) is 18.5 Å². The molecule has 96 valence electrons. The Hall–Kier alpha value is -2.53. The van der Waals surface area contributed by atoms with Gasteiger partial charge in [-0.3, -0.25) is 0 Å². The Morgan fingerprint density at radius 2 is 1.85 bits per heavy atom. The van der Waals surface area contributed by atoms with Gasteiger partial charge in [-0.05, 0) is 18.2 Å². The average molecular weight is 279 g/mol. The molecule has 5 heteroatoms. The van der Waals surface area contributed by atoms with Gasteiger partial charge in [0, 0.05) is 23.2 Å². The van der Waals surface area contributed by atoms with E-state index in [-0.39, 0.29) is 0 Å². The van der Waals surface area contributed by atoms with Gasteiger partial charge >= 0.3 is 0 Å². The summed E-state index contributed by atoms with van der Waals surface area (Å²) in [6.07, 6.45) is 3.43. The molecule has 0 saturated carbocycles. The highest BCUT2D eigenvalue weighted by molar-refractivity contribution is 7.13. The SMILES string of the molecule is c1cnc(-c2nc(-c3cc4ccccc4o3)cs2)nc1. The predicted molar refractivity (Wildman–Crippen MR) is 78.3 cm³/mol. The number of hydrogen-bond donors (Lipinski definition) is 0. The van der Waals surface area contributed by atoms with Crippen LogP contribution in [0, 0.1) is 0 Å². The van der Waals surface area contributed by atoms with Gasteiger partial charge in [-0.25, -0.2) is 15.0 Å². The fraction of sp³-hybridized carbons (Fsp3) is 0. The lowest BCUT2D eigenvalue weighted by atomic mass is 10.2. The van der Waals surface area contributed by atoms with Crippen molar-refractivity contribution in [2.75, 3.05) is 0 Å². The summed E-state index contributed by atoms with van der Waals surface area (Å²) in [5.41, 5.74) is 1.68. The van der Waals surface area contributed by atoms with Gasteiger partial charge in [0.2, 0.25) is 0 Å². The summed E-state index contributed by atoms with van der Waals surface area (Å²) in [4.78, 5) is 13.0. The first-order chi connectivity index (χ1) is 9.90. The molecule has 0 saturated heterocycles. The zero-order chi connectivity index (χ0) is 13.4. The summed E-state index contributed by atoms with van der Waals surface area (Å²) in [6.45, 7) is 0. The highest BCUT2D eigenvalue weighted by atomic mass is 32.1. The summed E-state index contributed by atoms with van der Waals surface area (Å²) < 4.78 is 5.81. The molecule has 20 heavy (non-hydrogen) atoms. The van der Waals surface area contributed by atoms with Crippen molar-refractivity contribution >= 4 is 22.3 Å². The van der Waals surface area contributed by atoms with Crippen LogP contribution >= 0.6 is 11.3 Å². The largest absolute Gasteiger partial charge is 0.454 e. The minimum Gasteiger partial charge on any atom is -0.454 e. The number of nitrogens with zero attached hydrogens (tertiary/aromatic N) is 3. The molecule has 0 unspecified atom stereocenters. The number of thiazole rings is 1. The molecule has 4 aromatic rings. The molecule has 0 spiro atoms. The van der Waals surface area contributed by atoms with Crippen molar-refractivity contribution < 1.29 is 4.42 Å². The summed E-state index contributed by atoms with van der Waals surface area (Å²) in [6, 6.07) is 11.7. The van der Waals surface area contributed by atoms with Crippen molar-refractivity contribution in [3.63, 3.8) is 0 Å². The fourth-order valence-corrected chi connectivity index (χ4v) is 2.76. The molecule has 1 aromatic carbocycles. The Morgan fingerprint density at radius 3 is 2.70 bits per heavy atom. The molecule has 0 N–H and O–H groups in total. The van der Waals surface area contributed by atoms with E-state index in [1.165, 1.54) is 11.3 Å². The van der Waals surface area contributed by atoms with Crippen LogP contribution in [-0.2, 0) is 0 Å². The summed E-state index contributed by atoms with van der Waals surface area (Å²) >= 11 is 1.51. The Morgan fingerprint density at radius 1 is 1.00 bits per heavy atom. The predicted octanol–water partition coefficient (Wildman–Crippen LogP) is 4.01. The summed E-state index contributed by atoms with van der Waals surface area (Å²) in [5.74, 6) is 1.41. The highest BCUT2D eigenvalue weighted by Crippen LogP contribution is 2.30. The molecule has 0 bridgehead atoms. The van der Waals surface area contributed by atoms with E-state index in [1.807, 2.05) is 35.7 Å². The van der Waals surface area contributed by atoms with E-state index in [4.69, 9.17) is 4.42 Å². The Kier molecular flexibility index (Phi) is 2.57. The van der Waals surface area contributed by atoms with Crippen LogP contribution in [0.2, 0.25) is 0 Å². The van der Waals surface area contributed by atoms with Crippen LogP contribution < -0.4 is 0 Å². The normalized spacial score (nSPS) is 11.0. The average Bonchev–Trinajstić information content (AvgIpc) is 3.14. The first kappa shape index (κ1) is 11.3. The first-order valence-electron chi connectivity index (χ1n) is 6.12. The van der Waals surface area contributed by atoms with Crippen molar-refractivity contribution in [1.82, 2.24) is 15.0 Å². The number of rotatable bonds is 2. The molecular weight excluding hydrogens is 270 g/mol. The molecule has 0 fully saturated rings. The number of para-hydroxylation sites is 1. The van der Waals surface area contributed by atoms with Gasteiger partial charge in [0.25, 0.3) is 0 Å². The molecule has 3 heterocycles. The first-order valence-corrected chi connectivity index (χ1v) is 7.00. The summed E-state index contributed by atoms with van der Waals surface area (Å²) in [7, 11) is 0. The lowest BCUT2D eigenvalue weighted by Crippen LogP contribution is -1.85. The topological polar surface area (TPSA) is 51.8 Å². The van der Waals surface area contributed by atoms with Crippen molar-refractivity contribution in [2.45, 2.75) is 0 Å². The molecule has 4 nitrogen and oxygen atoms in total. The Labute approximate surface area is 118 Å².